The lowest BCUT2D eigenvalue weighted by atomic mass is 9.39. The molecular formula is C47H79NO6. The molecule has 1 aromatic rings. The first-order chi connectivity index (χ1) is 25.5. The predicted molar refractivity (Wildman–Crippen MR) is 220 cm³/mol. The maximum absolute atomic E-state index is 14.1. The number of aliphatic carboxylic acids is 1. The Morgan fingerprint density at radius 1 is 0.944 bits per heavy atom. The zero-order chi connectivity index (χ0) is 40.5. The number of methoxy groups -OCH3 is 1. The first-order valence-corrected chi connectivity index (χ1v) is 21.8. The summed E-state index contributed by atoms with van der Waals surface area (Å²) in [5, 5.41) is 12.9. The Balaban J connectivity index is 0.00000149. The molecule has 308 valence electrons. The smallest absolute Gasteiger partial charge is 0.309 e. The summed E-state index contributed by atoms with van der Waals surface area (Å²) < 4.78 is 11.3. The standard InChI is InChI=1S/C42H65NO6.C3H8.C2H6/c1-27(2)34(49-36(44)26-39(4,5)38(46)47)19-23-40(6)28(3)17-22-41(7)32-18-24-42(21-9-10-33(42)31(32)15-16-35(40)41)37(45)43-25-20-29-11-13-30(48-8)14-12-29;1-3-2;1-2/h11-14,27-28,31-35H,9-10,15-26H2,1-8H3,(H,43,45)(H,46,47);3H2,1-2H3;1-2H3. The van der Waals surface area contributed by atoms with E-state index in [0.29, 0.717) is 42.0 Å². The van der Waals surface area contributed by atoms with Crippen LogP contribution in [0.3, 0.4) is 0 Å². The third-order valence-electron chi connectivity index (χ3n) is 14.7. The first-order valence-electron chi connectivity index (χ1n) is 21.8. The van der Waals surface area contributed by atoms with Crippen molar-refractivity contribution in [3.8, 4) is 5.75 Å². The summed E-state index contributed by atoms with van der Waals surface area (Å²) in [5.41, 5.74) is 0.253. The van der Waals surface area contributed by atoms with E-state index >= 15 is 0 Å². The summed E-state index contributed by atoms with van der Waals surface area (Å²) in [5.74, 6) is 2.87. The maximum atomic E-state index is 14.1. The molecular weight excluding hydrogens is 675 g/mol. The molecule has 1 aromatic carbocycles. The van der Waals surface area contributed by atoms with Crippen LogP contribution in [-0.4, -0.2) is 42.7 Å². The zero-order valence-electron chi connectivity index (χ0n) is 36.4. The van der Waals surface area contributed by atoms with Gasteiger partial charge in [-0.2, -0.15) is 0 Å². The second-order valence-corrected chi connectivity index (χ2v) is 18.8. The molecule has 54 heavy (non-hydrogen) atoms. The predicted octanol–water partition coefficient (Wildman–Crippen LogP) is 11.3. The van der Waals surface area contributed by atoms with Crippen LogP contribution < -0.4 is 10.1 Å². The minimum atomic E-state index is -1.14. The fourth-order valence-corrected chi connectivity index (χ4v) is 11.5. The monoisotopic (exact) mass is 754 g/mol. The van der Waals surface area contributed by atoms with Crippen LogP contribution in [0.25, 0.3) is 0 Å². The lowest BCUT2D eigenvalue weighted by Crippen LogP contribution is -2.60. The molecule has 1 amide bonds. The minimum absolute atomic E-state index is 0.119. The molecule has 4 fully saturated rings. The van der Waals surface area contributed by atoms with Crippen molar-refractivity contribution in [3.63, 3.8) is 0 Å². The van der Waals surface area contributed by atoms with E-state index in [-0.39, 0.29) is 34.7 Å². The van der Waals surface area contributed by atoms with Crippen LogP contribution in [0.2, 0.25) is 0 Å². The van der Waals surface area contributed by atoms with Gasteiger partial charge in [0.1, 0.15) is 11.9 Å². The van der Waals surface area contributed by atoms with Gasteiger partial charge < -0.3 is 19.9 Å². The normalized spacial score (nSPS) is 31.9. The fourth-order valence-electron chi connectivity index (χ4n) is 11.5. The molecule has 5 rings (SSSR count). The molecule has 2 N–H and O–H groups in total. The number of hydrogen-bond donors (Lipinski definition) is 2. The number of carbonyl (C=O) groups is 3. The van der Waals surface area contributed by atoms with Gasteiger partial charge in [-0.1, -0.05) is 87.3 Å². The van der Waals surface area contributed by atoms with Crippen LogP contribution in [0.4, 0.5) is 0 Å². The molecule has 4 aliphatic rings. The molecule has 7 heteroatoms. The van der Waals surface area contributed by atoms with Crippen LogP contribution in [0.1, 0.15) is 165 Å². The molecule has 0 heterocycles. The Bertz CT molecular complexity index is 1360. The van der Waals surface area contributed by atoms with Gasteiger partial charge in [-0.15, -0.1) is 0 Å². The number of carboxylic acid groups (broad SMARTS) is 1. The SMILES string of the molecule is CC.CCC.COc1ccc(CCNC(=O)C23CCCC2C2CCC4C(C)(CCC(OC(=O)CC(C)(C)C(=O)O)C(C)C)C(C)CCC4(C)C2CC3)cc1. The Labute approximate surface area is 329 Å². The van der Waals surface area contributed by atoms with Gasteiger partial charge in [0.05, 0.1) is 24.4 Å². The van der Waals surface area contributed by atoms with E-state index in [0.717, 1.165) is 50.7 Å². The maximum Gasteiger partial charge on any atom is 0.309 e. The van der Waals surface area contributed by atoms with Gasteiger partial charge in [0, 0.05) is 6.54 Å². The van der Waals surface area contributed by atoms with Crippen LogP contribution in [0.15, 0.2) is 24.3 Å². The summed E-state index contributed by atoms with van der Waals surface area (Å²) in [6.45, 7) is 23.9. The molecule has 9 atom stereocenters. The average Bonchev–Trinajstić information content (AvgIpc) is 3.59. The second kappa shape index (κ2) is 19.5. The van der Waals surface area contributed by atoms with Gasteiger partial charge in [-0.25, -0.2) is 0 Å². The zero-order valence-corrected chi connectivity index (χ0v) is 36.4. The number of nitrogens with one attached hydrogen (secondary N) is 1. The number of rotatable bonds is 13. The molecule has 0 saturated heterocycles. The van der Waals surface area contributed by atoms with Crippen LogP contribution in [0.5, 0.6) is 5.75 Å². The van der Waals surface area contributed by atoms with Crippen LogP contribution in [-0.2, 0) is 25.5 Å². The molecule has 0 aliphatic heterocycles. The number of hydrogen-bond acceptors (Lipinski definition) is 5. The van der Waals surface area contributed by atoms with E-state index < -0.39 is 17.4 Å². The third-order valence-corrected chi connectivity index (χ3v) is 14.7. The van der Waals surface area contributed by atoms with Crippen molar-refractivity contribution in [2.75, 3.05) is 13.7 Å². The minimum Gasteiger partial charge on any atom is -0.497 e. The number of ether oxygens (including phenoxy) is 2. The van der Waals surface area contributed by atoms with E-state index in [2.05, 4.69) is 65.9 Å². The van der Waals surface area contributed by atoms with E-state index in [4.69, 9.17) is 9.47 Å². The van der Waals surface area contributed by atoms with Gasteiger partial charge in [0.2, 0.25) is 5.91 Å². The summed E-state index contributed by atoms with van der Waals surface area (Å²) in [7, 11) is 1.68. The molecule has 7 nitrogen and oxygen atoms in total. The summed E-state index contributed by atoms with van der Waals surface area (Å²) >= 11 is 0. The highest BCUT2D eigenvalue weighted by Crippen LogP contribution is 2.70. The molecule has 4 aliphatic carbocycles. The highest BCUT2D eigenvalue weighted by atomic mass is 16.5. The molecule has 0 aromatic heterocycles. The highest BCUT2D eigenvalue weighted by Gasteiger charge is 2.64. The fraction of sp³-hybridized carbons (Fsp3) is 0.809. The van der Waals surface area contributed by atoms with Gasteiger partial charge in [0.25, 0.3) is 0 Å². The summed E-state index contributed by atoms with van der Waals surface area (Å²) in [6, 6.07) is 8.15. The number of carboxylic acids is 1. The second-order valence-electron chi connectivity index (χ2n) is 18.8. The topological polar surface area (TPSA) is 102 Å². The van der Waals surface area contributed by atoms with Gasteiger partial charge in [-0.3, -0.25) is 14.4 Å². The van der Waals surface area contributed by atoms with Gasteiger partial charge in [-0.05, 0) is 149 Å². The lowest BCUT2D eigenvalue weighted by molar-refractivity contribution is -0.175. The van der Waals surface area contributed by atoms with Crippen molar-refractivity contribution in [1.29, 1.82) is 0 Å². The number of benzene rings is 1. The molecule has 0 spiro atoms. The first kappa shape index (κ1) is 45.8. The Morgan fingerprint density at radius 3 is 2.19 bits per heavy atom. The molecule has 4 saturated carbocycles. The largest absolute Gasteiger partial charge is 0.497 e. The summed E-state index contributed by atoms with van der Waals surface area (Å²) in [6.07, 6.45) is 14.0. The van der Waals surface area contributed by atoms with Gasteiger partial charge >= 0.3 is 11.9 Å². The van der Waals surface area contributed by atoms with Gasteiger partial charge in [0.15, 0.2) is 0 Å². The van der Waals surface area contributed by atoms with Crippen molar-refractivity contribution >= 4 is 17.8 Å². The molecule has 0 radical (unpaired) electrons. The number of fused-ring (bicyclic) bond motifs is 5. The third kappa shape index (κ3) is 9.86. The van der Waals surface area contributed by atoms with Crippen molar-refractivity contribution in [2.45, 2.75) is 172 Å². The van der Waals surface area contributed by atoms with E-state index in [1.165, 1.54) is 44.1 Å². The molecule has 9 unspecified atom stereocenters. The summed E-state index contributed by atoms with van der Waals surface area (Å²) in [4.78, 5) is 38.6. The van der Waals surface area contributed by atoms with Crippen molar-refractivity contribution in [3.05, 3.63) is 29.8 Å². The van der Waals surface area contributed by atoms with Crippen LogP contribution >= 0.6 is 0 Å². The van der Waals surface area contributed by atoms with Crippen molar-refractivity contribution in [2.24, 2.45) is 57.2 Å². The number of amides is 1. The highest BCUT2D eigenvalue weighted by molar-refractivity contribution is 5.83. The van der Waals surface area contributed by atoms with E-state index in [1.54, 1.807) is 21.0 Å². The lowest BCUT2D eigenvalue weighted by Gasteiger charge is -2.65. The number of esters is 1. The average molecular weight is 754 g/mol. The Hall–Kier alpha value is -2.57. The van der Waals surface area contributed by atoms with E-state index in [1.807, 2.05) is 26.0 Å². The quantitative estimate of drug-likeness (QED) is 0.194. The Kier molecular flexibility index (Phi) is 16.6. The van der Waals surface area contributed by atoms with Crippen molar-refractivity contribution in [1.82, 2.24) is 5.32 Å². The van der Waals surface area contributed by atoms with E-state index in [9.17, 15) is 19.5 Å². The number of carbonyl (C=O) groups excluding carboxylic acids is 2. The van der Waals surface area contributed by atoms with Crippen molar-refractivity contribution < 1.29 is 29.0 Å². The van der Waals surface area contributed by atoms with Crippen LogP contribution in [0, 0.1) is 57.2 Å². The molecule has 0 bridgehead atoms. The Morgan fingerprint density at radius 2 is 1.59 bits per heavy atom.